The number of imide groups is 1. The van der Waals surface area contributed by atoms with Gasteiger partial charge < -0.3 is 10.2 Å². The van der Waals surface area contributed by atoms with Crippen LogP contribution in [0, 0.1) is 5.41 Å². The molecule has 0 saturated carbocycles. The lowest BCUT2D eigenvalue weighted by molar-refractivity contribution is -0.131. The first-order chi connectivity index (χ1) is 19.3. The molecule has 0 atom stereocenters. The number of ketones is 2. The summed E-state index contributed by atoms with van der Waals surface area (Å²) >= 11 is 0. The number of benzene rings is 2. The highest BCUT2D eigenvalue weighted by molar-refractivity contribution is 6.27. The van der Waals surface area contributed by atoms with E-state index in [9.17, 15) is 24.0 Å². The molecule has 41 heavy (non-hydrogen) atoms. The summed E-state index contributed by atoms with van der Waals surface area (Å²) in [5, 5.41) is 4.80. The van der Waals surface area contributed by atoms with Crippen LogP contribution in [-0.4, -0.2) is 65.8 Å². The van der Waals surface area contributed by atoms with E-state index in [1.165, 1.54) is 4.90 Å². The van der Waals surface area contributed by atoms with Crippen LogP contribution in [0.5, 0.6) is 0 Å². The van der Waals surface area contributed by atoms with Crippen molar-refractivity contribution in [1.29, 1.82) is 0 Å². The summed E-state index contributed by atoms with van der Waals surface area (Å²) in [5.74, 6) is -0.989. The van der Waals surface area contributed by atoms with Crippen molar-refractivity contribution < 1.29 is 24.0 Å². The molecule has 1 aliphatic heterocycles. The first-order valence-electron chi connectivity index (χ1n) is 14.2. The van der Waals surface area contributed by atoms with Crippen molar-refractivity contribution >= 4 is 45.7 Å². The van der Waals surface area contributed by atoms with Crippen LogP contribution in [0.3, 0.4) is 0 Å². The largest absolute Gasteiger partial charge is 0.383 e. The molecule has 0 spiro atoms. The van der Waals surface area contributed by atoms with Crippen molar-refractivity contribution in [2.24, 2.45) is 5.41 Å². The maximum atomic E-state index is 13.2. The van der Waals surface area contributed by atoms with Crippen molar-refractivity contribution in [3.8, 4) is 0 Å². The predicted octanol–water partition coefficient (Wildman–Crippen LogP) is 5.33. The molecule has 1 heterocycles. The Morgan fingerprint density at radius 3 is 2.20 bits per heavy atom. The van der Waals surface area contributed by atoms with Gasteiger partial charge in [-0.2, -0.15) is 0 Å². The number of hydrogen-bond acceptors (Lipinski definition) is 6. The van der Waals surface area contributed by atoms with Crippen LogP contribution in [0.15, 0.2) is 52.6 Å². The molecular weight excluding hydrogens is 518 g/mol. The SMILES string of the molecule is CCCCN1C(=O)c2cccc3c(NCCN(C)C(=O)CC(C)(C)C4=C(C)C(=O)C(C)=C(C)C4=O)ccc(c23)C1=O. The fourth-order valence-electron chi connectivity index (χ4n) is 5.81. The molecular formula is C33H39N3O5. The van der Waals surface area contributed by atoms with Crippen LogP contribution in [0.1, 0.15) is 81.5 Å². The maximum Gasteiger partial charge on any atom is 0.261 e. The second-order valence-corrected chi connectivity index (χ2v) is 11.7. The van der Waals surface area contributed by atoms with Gasteiger partial charge in [-0.15, -0.1) is 0 Å². The number of likely N-dealkylation sites (N-methyl/N-ethyl adjacent to an activating group) is 1. The molecule has 2 aromatic carbocycles. The Labute approximate surface area is 241 Å². The summed E-state index contributed by atoms with van der Waals surface area (Å²) in [4.78, 5) is 68.1. The van der Waals surface area contributed by atoms with Crippen LogP contribution < -0.4 is 5.32 Å². The first-order valence-corrected chi connectivity index (χ1v) is 14.2. The van der Waals surface area contributed by atoms with Gasteiger partial charge in [-0.1, -0.05) is 39.3 Å². The lowest BCUT2D eigenvalue weighted by Gasteiger charge is -2.32. The second-order valence-electron chi connectivity index (χ2n) is 11.7. The summed E-state index contributed by atoms with van der Waals surface area (Å²) in [5.41, 5.74) is 2.73. The van der Waals surface area contributed by atoms with E-state index in [4.69, 9.17) is 0 Å². The third kappa shape index (κ3) is 5.35. The molecule has 0 unspecified atom stereocenters. The Balaban J connectivity index is 1.45. The minimum atomic E-state index is -0.808. The Morgan fingerprint density at radius 2 is 1.54 bits per heavy atom. The van der Waals surface area contributed by atoms with Crippen LogP contribution in [0.25, 0.3) is 10.8 Å². The van der Waals surface area contributed by atoms with Gasteiger partial charge in [0.15, 0.2) is 11.6 Å². The van der Waals surface area contributed by atoms with Gasteiger partial charge >= 0.3 is 0 Å². The van der Waals surface area contributed by atoms with Gasteiger partial charge in [0.1, 0.15) is 0 Å². The highest BCUT2D eigenvalue weighted by Crippen LogP contribution is 2.39. The number of hydrogen-bond donors (Lipinski definition) is 1. The van der Waals surface area contributed by atoms with Crippen molar-refractivity contribution in [2.45, 2.75) is 60.8 Å². The van der Waals surface area contributed by atoms with E-state index in [1.54, 1.807) is 44.9 Å². The van der Waals surface area contributed by atoms with Gasteiger partial charge in [0, 0.05) is 88.4 Å². The number of anilines is 1. The molecule has 0 fully saturated rings. The van der Waals surface area contributed by atoms with Crippen LogP contribution in [0.4, 0.5) is 5.69 Å². The molecule has 0 radical (unpaired) electrons. The second kappa shape index (κ2) is 11.4. The van der Waals surface area contributed by atoms with E-state index in [-0.39, 0.29) is 35.7 Å². The number of allylic oxidation sites excluding steroid dienone is 4. The van der Waals surface area contributed by atoms with E-state index >= 15 is 0 Å². The highest BCUT2D eigenvalue weighted by atomic mass is 16.2. The molecule has 8 nitrogen and oxygen atoms in total. The minimum absolute atomic E-state index is 0.0846. The summed E-state index contributed by atoms with van der Waals surface area (Å²) in [6.45, 7) is 11.9. The number of nitrogens with one attached hydrogen (secondary N) is 1. The fraction of sp³-hybridized carbons (Fsp3) is 0.424. The lowest BCUT2D eigenvalue weighted by atomic mass is 9.71. The Morgan fingerprint density at radius 1 is 0.902 bits per heavy atom. The van der Waals surface area contributed by atoms with E-state index < -0.39 is 5.41 Å². The highest BCUT2D eigenvalue weighted by Gasteiger charge is 2.39. The predicted molar refractivity (Wildman–Crippen MR) is 160 cm³/mol. The molecule has 4 rings (SSSR count). The van der Waals surface area contributed by atoms with Crippen molar-refractivity contribution in [1.82, 2.24) is 9.80 Å². The molecule has 2 aliphatic rings. The van der Waals surface area contributed by atoms with Gasteiger partial charge in [-0.25, -0.2) is 0 Å². The number of unbranched alkanes of at least 4 members (excludes halogenated alkanes) is 1. The third-order valence-corrected chi connectivity index (χ3v) is 8.37. The average molecular weight is 558 g/mol. The van der Waals surface area contributed by atoms with Crippen LogP contribution >= 0.6 is 0 Å². The van der Waals surface area contributed by atoms with Gasteiger partial charge in [0.2, 0.25) is 5.91 Å². The number of rotatable bonds is 10. The van der Waals surface area contributed by atoms with Gasteiger partial charge in [0.05, 0.1) is 0 Å². The van der Waals surface area contributed by atoms with Crippen molar-refractivity contribution in [3.63, 3.8) is 0 Å². The Hall–Kier alpha value is -4.07. The molecule has 216 valence electrons. The van der Waals surface area contributed by atoms with Crippen LogP contribution in [-0.2, 0) is 14.4 Å². The topological polar surface area (TPSA) is 104 Å². The first kappa shape index (κ1) is 29.9. The zero-order valence-electron chi connectivity index (χ0n) is 25.1. The summed E-state index contributed by atoms with van der Waals surface area (Å²) < 4.78 is 0. The van der Waals surface area contributed by atoms with E-state index in [1.807, 2.05) is 39.0 Å². The zero-order valence-corrected chi connectivity index (χ0v) is 25.1. The molecule has 8 heteroatoms. The molecule has 2 aromatic rings. The lowest BCUT2D eigenvalue weighted by Crippen LogP contribution is -2.40. The number of carbonyl (C=O) groups is 5. The maximum absolute atomic E-state index is 13.2. The van der Waals surface area contributed by atoms with Gasteiger partial charge in [-0.05, 0) is 45.4 Å². The normalized spacial score (nSPS) is 15.8. The summed E-state index contributed by atoms with van der Waals surface area (Å²) in [6, 6.07) is 9.08. The summed E-state index contributed by atoms with van der Waals surface area (Å²) in [6.07, 6.45) is 1.73. The quantitative estimate of drug-likeness (QED) is 0.313. The monoisotopic (exact) mass is 557 g/mol. The third-order valence-electron chi connectivity index (χ3n) is 8.37. The van der Waals surface area contributed by atoms with Crippen molar-refractivity contribution in [2.75, 3.05) is 32.0 Å². The van der Waals surface area contributed by atoms with E-state index in [0.717, 1.165) is 23.9 Å². The fourth-order valence-corrected chi connectivity index (χ4v) is 5.81. The molecule has 1 aliphatic carbocycles. The van der Waals surface area contributed by atoms with E-state index in [2.05, 4.69) is 5.32 Å². The standard InChI is InChI=1S/C33H39N3O5/c1-8-9-16-36-31(40)23-12-10-11-22-25(14-13-24(27(22)23)32(36)41)34-15-17-35(7)26(37)18-33(5,6)28-21(4)29(38)19(2)20(3)30(28)39/h10-14,34H,8-9,15-18H2,1-7H3. The number of nitrogens with zero attached hydrogens (tertiary/aromatic N) is 2. The van der Waals surface area contributed by atoms with Gasteiger partial charge in [0.25, 0.3) is 11.8 Å². The van der Waals surface area contributed by atoms with Gasteiger partial charge in [-0.3, -0.25) is 28.9 Å². The number of Topliss-reactive ketones (excluding diaryl/α,β-unsaturated/α-hetero) is 2. The molecule has 0 bridgehead atoms. The number of amides is 3. The van der Waals surface area contributed by atoms with Crippen molar-refractivity contribution in [3.05, 3.63) is 63.8 Å². The Bertz CT molecular complexity index is 1520. The Kier molecular flexibility index (Phi) is 8.34. The van der Waals surface area contributed by atoms with E-state index in [0.29, 0.717) is 58.4 Å². The zero-order chi connectivity index (χ0) is 30.2. The molecule has 0 saturated heterocycles. The average Bonchev–Trinajstić information content (AvgIpc) is 2.93. The summed E-state index contributed by atoms with van der Waals surface area (Å²) in [7, 11) is 1.71. The number of carbonyl (C=O) groups excluding carboxylic acids is 5. The molecule has 3 amide bonds. The molecule has 1 N–H and O–H groups in total. The minimum Gasteiger partial charge on any atom is -0.383 e. The van der Waals surface area contributed by atoms with Crippen LogP contribution in [0.2, 0.25) is 0 Å². The molecule has 0 aromatic heterocycles. The smallest absolute Gasteiger partial charge is 0.261 e.